The Morgan fingerprint density at radius 1 is 1.07 bits per heavy atom. The molecule has 4 aromatic rings. The van der Waals surface area contributed by atoms with E-state index in [1.165, 1.54) is 10.9 Å². The maximum atomic E-state index is 12.6. The van der Waals surface area contributed by atoms with Gasteiger partial charge in [0.15, 0.2) is 0 Å². The fraction of sp³-hybridized carbons (Fsp3) is 0.0909. The van der Waals surface area contributed by atoms with Gasteiger partial charge in [-0.2, -0.15) is 0 Å². The third kappa shape index (κ3) is 4.00. The highest BCUT2D eigenvalue weighted by atomic mass is 35.5. The van der Waals surface area contributed by atoms with Crippen LogP contribution in [0, 0.1) is 0 Å². The average molecular weight is 392 g/mol. The van der Waals surface area contributed by atoms with Crippen molar-refractivity contribution in [2.75, 3.05) is 6.54 Å². The lowest BCUT2D eigenvalue weighted by Crippen LogP contribution is -2.26. The molecule has 0 radical (unpaired) electrons. The molecule has 140 valence electrons. The summed E-state index contributed by atoms with van der Waals surface area (Å²) >= 11 is 5.89. The minimum absolute atomic E-state index is 0.225. The molecule has 0 bridgehead atoms. The van der Waals surface area contributed by atoms with E-state index in [1.54, 1.807) is 42.6 Å². The number of ether oxygens (including phenoxy) is 1. The van der Waals surface area contributed by atoms with Crippen LogP contribution in [0.3, 0.4) is 0 Å². The molecule has 28 heavy (non-hydrogen) atoms. The number of hydrogen-bond acceptors (Lipinski definition) is 3. The van der Waals surface area contributed by atoms with Gasteiger partial charge in [-0.1, -0.05) is 29.8 Å². The van der Waals surface area contributed by atoms with Gasteiger partial charge in [0.25, 0.3) is 5.91 Å². The number of halogens is 1. The fourth-order valence-electron chi connectivity index (χ4n) is 3.00. The van der Waals surface area contributed by atoms with E-state index in [9.17, 15) is 4.79 Å². The van der Waals surface area contributed by atoms with Crippen LogP contribution < -0.4 is 10.1 Å². The van der Waals surface area contributed by atoms with Crippen LogP contribution in [-0.4, -0.2) is 22.4 Å². The van der Waals surface area contributed by atoms with Gasteiger partial charge >= 0.3 is 0 Å². The molecular formula is C22H18ClN3O2. The maximum absolute atomic E-state index is 12.6. The second kappa shape index (κ2) is 8.15. The number of para-hydroxylation sites is 1. The van der Waals surface area contributed by atoms with Crippen LogP contribution in [-0.2, 0) is 6.42 Å². The molecule has 4 rings (SSSR count). The molecule has 5 nitrogen and oxygen atoms in total. The molecular weight excluding hydrogens is 374 g/mol. The number of aromatic amines is 1. The summed E-state index contributed by atoms with van der Waals surface area (Å²) in [5.74, 6) is 0.599. The summed E-state index contributed by atoms with van der Waals surface area (Å²) in [7, 11) is 0. The molecule has 2 heterocycles. The molecule has 0 aliphatic rings. The smallest absolute Gasteiger partial charge is 0.256 e. The Hall–Kier alpha value is -3.31. The van der Waals surface area contributed by atoms with E-state index in [2.05, 4.69) is 21.4 Å². The summed E-state index contributed by atoms with van der Waals surface area (Å²) < 4.78 is 5.76. The first kappa shape index (κ1) is 18.1. The minimum atomic E-state index is -0.225. The number of carbonyl (C=O) groups is 1. The lowest BCUT2D eigenvalue weighted by molar-refractivity contribution is 0.0951. The van der Waals surface area contributed by atoms with Crippen LogP contribution >= 0.6 is 11.6 Å². The number of rotatable bonds is 6. The van der Waals surface area contributed by atoms with Crippen molar-refractivity contribution >= 4 is 28.4 Å². The van der Waals surface area contributed by atoms with Gasteiger partial charge in [0.1, 0.15) is 11.3 Å². The van der Waals surface area contributed by atoms with Gasteiger partial charge in [-0.15, -0.1) is 0 Å². The van der Waals surface area contributed by atoms with E-state index in [0.717, 1.165) is 11.9 Å². The number of fused-ring (bicyclic) bond motifs is 1. The predicted octanol–water partition coefficient (Wildman–Crippen LogP) is 4.98. The van der Waals surface area contributed by atoms with Crippen molar-refractivity contribution in [3.05, 3.63) is 89.2 Å². The second-order valence-corrected chi connectivity index (χ2v) is 6.71. The van der Waals surface area contributed by atoms with Gasteiger partial charge < -0.3 is 15.0 Å². The largest absolute Gasteiger partial charge is 0.438 e. The second-order valence-electron chi connectivity index (χ2n) is 6.28. The quantitative estimate of drug-likeness (QED) is 0.487. The van der Waals surface area contributed by atoms with Crippen molar-refractivity contribution in [2.24, 2.45) is 0 Å². The minimum Gasteiger partial charge on any atom is -0.438 e. The number of hydrogen-bond donors (Lipinski definition) is 2. The van der Waals surface area contributed by atoms with Crippen molar-refractivity contribution in [3.63, 3.8) is 0 Å². The zero-order valence-corrected chi connectivity index (χ0v) is 15.7. The Morgan fingerprint density at radius 3 is 2.75 bits per heavy atom. The molecule has 0 saturated heterocycles. The molecule has 0 aliphatic heterocycles. The van der Waals surface area contributed by atoms with Gasteiger partial charge in [-0.25, -0.2) is 4.98 Å². The maximum Gasteiger partial charge on any atom is 0.256 e. The van der Waals surface area contributed by atoms with Crippen LogP contribution in [0.2, 0.25) is 5.02 Å². The summed E-state index contributed by atoms with van der Waals surface area (Å²) in [6.45, 7) is 0.510. The highest BCUT2D eigenvalue weighted by Gasteiger charge is 2.14. The first-order valence-electron chi connectivity index (χ1n) is 8.92. The van der Waals surface area contributed by atoms with E-state index >= 15 is 0 Å². The first-order chi connectivity index (χ1) is 13.7. The van der Waals surface area contributed by atoms with Crippen LogP contribution in [0.25, 0.3) is 10.9 Å². The topological polar surface area (TPSA) is 67.0 Å². The Kier molecular flexibility index (Phi) is 5.26. The van der Waals surface area contributed by atoms with E-state index in [1.807, 2.05) is 24.4 Å². The van der Waals surface area contributed by atoms with Crippen molar-refractivity contribution in [2.45, 2.75) is 6.42 Å². The standard InChI is InChI=1S/C22H18ClN3O2/c23-16-7-9-17(10-8-16)28-22-19(5-3-12-25-22)21(27)24-13-11-15-14-26-20-6-2-1-4-18(15)20/h1-10,12,14,26H,11,13H2,(H,24,27). The number of H-pyrrole nitrogens is 1. The number of carbonyl (C=O) groups excluding carboxylic acids is 1. The first-order valence-corrected chi connectivity index (χ1v) is 9.30. The zero-order valence-electron chi connectivity index (χ0n) is 15.0. The van der Waals surface area contributed by atoms with E-state index < -0.39 is 0 Å². The molecule has 6 heteroatoms. The normalized spacial score (nSPS) is 10.8. The molecule has 2 N–H and O–H groups in total. The molecule has 0 unspecified atom stereocenters. The summed E-state index contributed by atoms with van der Waals surface area (Å²) in [4.78, 5) is 20.1. The molecule has 1 amide bonds. The highest BCUT2D eigenvalue weighted by molar-refractivity contribution is 6.30. The van der Waals surface area contributed by atoms with Gasteiger partial charge in [-0.3, -0.25) is 4.79 Å². The molecule has 0 fully saturated rings. The van der Waals surface area contributed by atoms with Gasteiger partial charge in [0.05, 0.1) is 0 Å². The Balaban J connectivity index is 1.42. The Morgan fingerprint density at radius 2 is 1.89 bits per heavy atom. The summed E-state index contributed by atoms with van der Waals surface area (Å²) in [5.41, 5.74) is 2.64. The number of aromatic nitrogens is 2. The van der Waals surface area contributed by atoms with Crippen molar-refractivity contribution < 1.29 is 9.53 Å². The van der Waals surface area contributed by atoms with E-state index in [-0.39, 0.29) is 11.8 Å². The van der Waals surface area contributed by atoms with Gasteiger partial charge in [0.2, 0.25) is 5.88 Å². The van der Waals surface area contributed by atoms with Crippen LogP contribution in [0.1, 0.15) is 15.9 Å². The lowest BCUT2D eigenvalue weighted by Gasteiger charge is -2.10. The van der Waals surface area contributed by atoms with Crippen LogP contribution in [0.4, 0.5) is 0 Å². The predicted molar refractivity (Wildman–Crippen MR) is 110 cm³/mol. The third-order valence-corrected chi connectivity index (χ3v) is 4.65. The molecule has 0 spiro atoms. The number of pyridine rings is 1. The highest BCUT2D eigenvalue weighted by Crippen LogP contribution is 2.24. The number of benzene rings is 2. The average Bonchev–Trinajstić information content (AvgIpc) is 3.13. The number of nitrogens with zero attached hydrogens (tertiary/aromatic N) is 1. The van der Waals surface area contributed by atoms with Crippen molar-refractivity contribution in [3.8, 4) is 11.6 Å². The summed E-state index contributed by atoms with van der Waals surface area (Å²) in [6.07, 6.45) is 4.30. The molecule has 2 aromatic carbocycles. The number of amides is 1. The van der Waals surface area contributed by atoms with Crippen LogP contribution in [0.15, 0.2) is 73.1 Å². The Bertz CT molecular complexity index is 1110. The van der Waals surface area contributed by atoms with E-state index in [0.29, 0.717) is 22.9 Å². The van der Waals surface area contributed by atoms with Crippen LogP contribution in [0.5, 0.6) is 11.6 Å². The molecule has 0 atom stereocenters. The Labute approximate surface area is 167 Å². The lowest BCUT2D eigenvalue weighted by atomic mass is 10.1. The van der Waals surface area contributed by atoms with Crippen molar-refractivity contribution in [1.82, 2.24) is 15.3 Å². The fourth-order valence-corrected chi connectivity index (χ4v) is 3.13. The monoisotopic (exact) mass is 391 g/mol. The molecule has 2 aromatic heterocycles. The third-order valence-electron chi connectivity index (χ3n) is 4.40. The SMILES string of the molecule is O=C(NCCc1c[nH]c2ccccc12)c1cccnc1Oc1ccc(Cl)cc1. The van der Waals surface area contributed by atoms with E-state index in [4.69, 9.17) is 16.3 Å². The van der Waals surface area contributed by atoms with Crippen molar-refractivity contribution in [1.29, 1.82) is 0 Å². The van der Waals surface area contributed by atoms with Gasteiger partial charge in [0, 0.05) is 34.9 Å². The number of nitrogens with one attached hydrogen (secondary N) is 2. The summed E-state index contributed by atoms with van der Waals surface area (Å²) in [6, 6.07) is 18.4. The molecule has 0 aliphatic carbocycles. The zero-order chi connectivity index (χ0) is 19.3. The summed E-state index contributed by atoms with van der Waals surface area (Å²) in [5, 5.41) is 4.73. The molecule has 0 saturated carbocycles. The van der Waals surface area contributed by atoms with Gasteiger partial charge in [-0.05, 0) is 54.4 Å².